The van der Waals surface area contributed by atoms with Gasteiger partial charge < -0.3 is 22.6 Å². The third kappa shape index (κ3) is 13.3. The predicted octanol–water partition coefficient (Wildman–Crippen LogP) is -0.172. The van der Waals surface area contributed by atoms with E-state index in [1.54, 1.807) is 24.3 Å². The van der Waals surface area contributed by atoms with Gasteiger partial charge in [0.2, 0.25) is 0 Å². The molecule has 2 aromatic carbocycles. The van der Waals surface area contributed by atoms with Gasteiger partial charge in [0.15, 0.2) is 0 Å². The Balaban J connectivity index is 0. The molecule has 0 unspecified atom stereocenters. The van der Waals surface area contributed by atoms with Gasteiger partial charge >= 0.3 is 21.7 Å². The van der Waals surface area contributed by atoms with E-state index in [2.05, 4.69) is 12.2 Å². The molecule has 21 heavy (non-hydrogen) atoms. The van der Waals surface area contributed by atoms with Gasteiger partial charge in [-0.25, -0.2) is 12.2 Å². The molecular weight excluding hydrogens is 320 g/mol. The maximum Gasteiger partial charge on any atom is 2.00 e. The van der Waals surface area contributed by atoms with Crippen molar-refractivity contribution in [2.45, 2.75) is 6.42 Å². The summed E-state index contributed by atoms with van der Waals surface area (Å²) < 4.78 is 0. The molecule has 0 saturated carbocycles. The SMILES string of the molecule is [C-]1=CC=CC1.[Cl-].[O-]c1ccccc1.[O-]c1ccccc1.[Ti+2]. The molecule has 2 aromatic rings. The van der Waals surface area contributed by atoms with Crippen LogP contribution in [0.15, 0.2) is 78.9 Å². The van der Waals surface area contributed by atoms with E-state index in [-0.39, 0.29) is 45.6 Å². The minimum absolute atomic E-state index is 0. The maximum absolute atomic E-state index is 10.3. The van der Waals surface area contributed by atoms with E-state index in [4.69, 9.17) is 0 Å². The van der Waals surface area contributed by atoms with Crippen molar-refractivity contribution in [3.05, 3.63) is 85.0 Å². The molecule has 1 aliphatic carbocycles. The van der Waals surface area contributed by atoms with Crippen molar-refractivity contribution in [2.75, 3.05) is 0 Å². The average molecular weight is 335 g/mol. The van der Waals surface area contributed by atoms with Gasteiger partial charge in [-0.05, 0) is 0 Å². The normalized spacial score (nSPS) is 9.90. The average Bonchev–Trinajstić information content (AvgIpc) is 3.00. The Morgan fingerprint density at radius 3 is 1.33 bits per heavy atom. The van der Waals surface area contributed by atoms with E-state index < -0.39 is 0 Å². The van der Waals surface area contributed by atoms with Crippen molar-refractivity contribution < 1.29 is 44.3 Å². The van der Waals surface area contributed by atoms with Crippen LogP contribution in [0.4, 0.5) is 0 Å². The number of halogens is 1. The molecule has 1 aliphatic rings. The first-order valence-corrected chi connectivity index (χ1v) is 5.95. The Hall–Kier alpha value is -1.48. The van der Waals surface area contributed by atoms with Gasteiger partial charge in [-0.1, -0.05) is 60.7 Å². The van der Waals surface area contributed by atoms with E-state index >= 15 is 0 Å². The van der Waals surface area contributed by atoms with Gasteiger partial charge in [-0.2, -0.15) is 6.08 Å². The number of benzene rings is 2. The molecule has 0 bridgehead atoms. The van der Waals surface area contributed by atoms with Crippen molar-refractivity contribution in [1.82, 2.24) is 0 Å². The summed E-state index contributed by atoms with van der Waals surface area (Å²) in [4.78, 5) is 0. The zero-order valence-electron chi connectivity index (χ0n) is 11.4. The molecule has 0 saturated heterocycles. The summed E-state index contributed by atoms with van der Waals surface area (Å²) in [5.41, 5.74) is 0. The number of rotatable bonds is 0. The number of hydrogen-bond acceptors (Lipinski definition) is 2. The molecule has 0 N–H and O–H groups in total. The maximum atomic E-state index is 10.3. The smallest absolute Gasteiger partial charge is 1.00 e. The van der Waals surface area contributed by atoms with E-state index in [0.29, 0.717) is 0 Å². The minimum Gasteiger partial charge on any atom is -1.00 e. The predicted molar refractivity (Wildman–Crippen MR) is 73.3 cm³/mol. The van der Waals surface area contributed by atoms with Gasteiger partial charge in [0, 0.05) is 0 Å². The van der Waals surface area contributed by atoms with Crippen LogP contribution in [-0.4, -0.2) is 0 Å². The second kappa shape index (κ2) is 14.9. The van der Waals surface area contributed by atoms with Crippen LogP contribution in [0.25, 0.3) is 0 Å². The summed E-state index contributed by atoms with van der Waals surface area (Å²) in [5.74, 6) is 0.144. The fourth-order valence-electron chi connectivity index (χ4n) is 1.18. The van der Waals surface area contributed by atoms with E-state index in [1.807, 2.05) is 24.3 Å². The summed E-state index contributed by atoms with van der Waals surface area (Å²) in [7, 11) is 0. The third-order valence-corrected chi connectivity index (χ3v) is 2.07. The van der Waals surface area contributed by atoms with Crippen LogP contribution in [-0.2, 0) is 21.7 Å². The number of para-hydroxylation sites is 2. The fourth-order valence-corrected chi connectivity index (χ4v) is 1.18. The van der Waals surface area contributed by atoms with Crippen LogP contribution in [0.2, 0.25) is 0 Å². The Bertz CT molecular complexity index is 451. The van der Waals surface area contributed by atoms with Crippen molar-refractivity contribution in [3.63, 3.8) is 0 Å². The summed E-state index contributed by atoms with van der Waals surface area (Å²) in [6, 6.07) is 16.7. The van der Waals surface area contributed by atoms with Gasteiger partial charge in [0.25, 0.3) is 0 Å². The quantitative estimate of drug-likeness (QED) is 0.496. The van der Waals surface area contributed by atoms with E-state index in [1.165, 1.54) is 24.3 Å². The number of hydrogen-bond donors (Lipinski definition) is 0. The van der Waals surface area contributed by atoms with Crippen molar-refractivity contribution >= 4 is 0 Å². The minimum atomic E-state index is 0. The molecule has 0 atom stereocenters. The summed E-state index contributed by atoms with van der Waals surface area (Å²) in [6.07, 6.45) is 10.0. The molecule has 0 amide bonds. The second-order valence-corrected chi connectivity index (χ2v) is 3.63. The van der Waals surface area contributed by atoms with Crippen LogP contribution >= 0.6 is 0 Å². The van der Waals surface area contributed by atoms with E-state index in [0.717, 1.165) is 6.42 Å². The summed E-state index contributed by atoms with van der Waals surface area (Å²) in [5, 5.41) is 20.5. The molecule has 0 heterocycles. The van der Waals surface area contributed by atoms with Gasteiger partial charge in [0.1, 0.15) is 0 Å². The van der Waals surface area contributed by atoms with Crippen LogP contribution in [0.1, 0.15) is 6.42 Å². The Labute approximate surface area is 147 Å². The van der Waals surface area contributed by atoms with Crippen molar-refractivity contribution in [3.8, 4) is 11.5 Å². The van der Waals surface area contributed by atoms with Gasteiger partial charge in [-0.15, -0.1) is 17.9 Å². The molecule has 0 spiro atoms. The molecule has 0 aliphatic heterocycles. The first kappa shape index (κ1) is 21.8. The van der Waals surface area contributed by atoms with E-state index in [9.17, 15) is 10.2 Å². The summed E-state index contributed by atoms with van der Waals surface area (Å²) in [6.45, 7) is 0. The molecule has 0 fully saturated rings. The molecule has 2 nitrogen and oxygen atoms in total. The Morgan fingerprint density at radius 2 is 1.19 bits per heavy atom. The molecule has 3 rings (SSSR count). The van der Waals surface area contributed by atoms with Crippen molar-refractivity contribution in [1.29, 1.82) is 0 Å². The topological polar surface area (TPSA) is 46.1 Å². The largest absolute Gasteiger partial charge is 2.00 e. The van der Waals surface area contributed by atoms with Crippen molar-refractivity contribution in [2.24, 2.45) is 0 Å². The third-order valence-electron chi connectivity index (χ3n) is 2.07. The van der Waals surface area contributed by atoms with Crippen LogP contribution in [0.5, 0.6) is 11.5 Å². The molecule has 108 valence electrons. The van der Waals surface area contributed by atoms with Gasteiger partial charge in [-0.3, -0.25) is 6.08 Å². The molecule has 0 aromatic heterocycles. The first-order chi connectivity index (χ1) is 9.29. The monoisotopic (exact) mass is 334 g/mol. The second-order valence-electron chi connectivity index (χ2n) is 3.63. The van der Waals surface area contributed by atoms with Gasteiger partial charge in [0.05, 0.1) is 0 Å². The fraction of sp³-hybridized carbons (Fsp3) is 0.0588. The number of allylic oxidation sites excluding steroid dienone is 4. The van der Waals surface area contributed by atoms with Crippen LogP contribution in [0.3, 0.4) is 0 Å². The van der Waals surface area contributed by atoms with Crippen LogP contribution in [0, 0.1) is 6.08 Å². The first-order valence-electron chi connectivity index (χ1n) is 5.95. The molecule has 4 heteroatoms. The zero-order chi connectivity index (χ0) is 13.8. The van der Waals surface area contributed by atoms with Crippen LogP contribution < -0.4 is 22.6 Å². The summed E-state index contributed by atoms with van der Waals surface area (Å²) >= 11 is 0. The Kier molecular flexibility index (Phi) is 15.5. The standard InChI is InChI=1S/2C6H6O.C5H5.ClH.Ti/c2*7-6-4-2-1-3-5-6;1-2-4-5-3-1;;/h2*1-5,7H;1-3H,4H2;1H;/q;;-1;;+2/p-3. The molecular formula is C17H15ClO2Ti-2. The zero-order valence-corrected chi connectivity index (χ0v) is 13.7. The molecule has 0 radical (unpaired) electrons. The Morgan fingerprint density at radius 1 is 0.762 bits per heavy atom.